The van der Waals surface area contributed by atoms with Crippen molar-refractivity contribution in [1.29, 1.82) is 0 Å². The monoisotopic (exact) mass is 310 g/mol. The second-order valence-electron chi connectivity index (χ2n) is 7.04. The van der Waals surface area contributed by atoms with Crippen LogP contribution in [0.4, 0.5) is 0 Å². The molecule has 1 saturated carbocycles. The summed E-state index contributed by atoms with van der Waals surface area (Å²) in [7, 11) is 0. The molecule has 122 valence electrons. The van der Waals surface area contributed by atoms with E-state index in [9.17, 15) is 10.2 Å². The fourth-order valence-corrected chi connectivity index (χ4v) is 3.94. The first kappa shape index (κ1) is 16.2. The summed E-state index contributed by atoms with van der Waals surface area (Å²) in [5.74, 6) is 0. The van der Waals surface area contributed by atoms with Crippen LogP contribution in [-0.4, -0.2) is 15.8 Å². The molecular formula is C21H26O2. The zero-order valence-corrected chi connectivity index (χ0v) is 14.0. The molecular weight excluding hydrogens is 284 g/mol. The van der Waals surface area contributed by atoms with Gasteiger partial charge in [-0.3, -0.25) is 0 Å². The Morgan fingerprint density at radius 2 is 1.30 bits per heavy atom. The van der Waals surface area contributed by atoms with Crippen LogP contribution in [0.1, 0.15) is 54.4 Å². The normalized spacial score (nSPS) is 17.9. The van der Waals surface area contributed by atoms with Crippen molar-refractivity contribution in [1.82, 2.24) is 0 Å². The van der Waals surface area contributed by atoms with Crippen molar-refractivity contribution < 1.29 is 10.2 Å². The van der Waals surface area contributed by atoms with Gasteiger partial charge in [-0.05, 0) is 37.8 Å². The van der Waals surface area contributed by atoms with Crippen LogP contribution in [0.15, 0.2) is 48.5 Å². The zero-order chi connectivity index (χ0) is 16.5. The van der Waals surface area contributed by atoms with Crippen molar-refractivity contribution in [3.8, 4) is 0 Å². The standard InChI is InChI=1S/C21H26O2/c1-16-8-6-10-18(14-16)21(23,19-11-7-9-17(2)15-19)20(22)12-4-3-5-13-20/h6-11,14-15,22-23H,3-5,12-13H2,1-2H3. The van der Waals surface area contributed by atoms with E-state index in [2.05, 4.69) is 0 Å². The predicted molar refractivity (Wildman–Crippen MR) is 93.4 cm³/mol. The number of rotatable bonds is 3. The molecule has 0 unspecified atom stereocenters. The highest BCUT2D eigenvalue weighted by molar-refractivity contribution is 5.42. The molecule has 2 aromatic rings. The van der Waals surface area contributed by atoms with Gasteiger partial charge in [0.1, 0.15) is 11.2 Å². The predicted octanol–water partition coefficient (Wildman–Crippen LogP) is 4.23. The molecule has 1 aliphatic carbocycles. The molecule has 2 N–H and O–H groups in total. The molecule has 0 amide bonds. The van der Waals surface area contributed by atoms with Gasteiger partial charge < -0.3 is 10.2 Å². The highest BCUT2D eigenvalue weighted by Crippen LogP contribution is 2.47. The average Bonchev–Trinajstić information content (AvgIpc) is 2.54. The fourth-order valence-electron chi connectivity index (χ4n) is 3.94. The van der Waals surface area contributed by atoms with E-state index in [0.717, 1.165) is 41.5 Å². The van der Waals surface area contributed by atoms with Crippen LogP contribution in [0.25, 0.3) is 0 Å². The summed E-state index contributed by atoms with van der Waals surface area (Å²) in [4.78, 5) is 0. The van der Waals surface area contributed by atoms with E-state index in [-0.39, 0.29) is 0 Å². The second kappa shape index (κ2) is 6.10. The van der Waals surface area contributed by atoms with E-state index in [4.69, 9.17) is 0 Å². The molecule has 2 nitrogen and oxygen atoms in total. The molecule has 1 aliphatic rings. The SMILES string of the molecule is Cc1cccc(C(O)(c2cccc(C)c2)C2(O)CCCCC2)c1. The molecule has 0 bridgehead atoms. The average molecular weight is 310 g/mol. The van der Waals surface area contributed by atoms with Crippen LogP contribution >= 0.6 is 0 Å². The van der Waals surface area contributed by atoms with Crippen molar-refractivity contribution in [2.24, 2.45) is 0 Å². The molecule has 0 saturated heterocycles. The minimum Gasteiger partial charge on any atom is -0.386 e. The molecule has 3 rings (SSSR count). The van der Waals surface area contributed by atoms with E-state index in [1.165, 1.54) is 0 Å². The highest BCUT2D eigenvalue weighted by atomic mass is 16.4. The maximum absolute atomic E-state index is 11.8. The Kier molecular flexibility index (Phi) is 4.31. The van der Waals surface area contributed by atoms with Gasteiger partial charge in [-0.1, -0.05) is 78.9 Å². The van der Waals surface area contributed by atoms with E-state index in [1.54, 1.807) is 0 Å². The molecule has 0 spiro atoms. The van der Waals surface area contributed by atoms with Gasteiger partial charge in [0.2, 0.25) is 0 Å². The molecule has 23 heavy (non-hydrogen) atoms. The molecule has 2 aromatic carbocycles. The Labute approximate surface area is 138 Å². The largest absolute Gasteiger partial charge is 0.386 e. The molecule has 0 aliphatic heterocycles. The zero-order valence-electron chi connectivity index (χ0n) is 14.0. The molecule has 0 aromatic heterocycles. The van der Waals surface area contributed by atoms with Crippen LogP contribution in [0.2, 0.25) is 0 Å². The van der Waals surface area contributed by atoms with Gasteiger partial charge in [-0.2, -0.15) is 0 Å². The Hall–Kier alpha value is -1.64. The lowest BCUT2D eigenvalue weighted by Crippen LogP contribution is -2.53. The van der Waals surface area contributed by atoms with Gasteiger partial charge in [0, 0.05) is 0 Å². The summed E-state index contributed by atoms with van der Waals surface area (Å²) >= 11 is 0. The van der Waals surface area contributed by atoms with E-state index >= 15 is 0 Å². The topological polar surface area (TPSA) is 40.5 Å². The van der Waals surface area contributed by atoms with Gasteiger partial charge in [-0.15, -0.1) is 0 Å². The maximum Gasteiger partial charge on any atom is 0.143 e. The summed E-state index contributed by atoms with van der Waals surface area (Å²) in [6.07, 6.45) is 4.30. The molecule has 0 atom stereocenters. The molecule has 1 fully saturated rings. The van der Waals surface area contributed by atoms with E-state index in [1.807, 2.05) is 62.4 Å². The quantitative estimate of drug-likeness (QED) is 0.890. The highest BCUT2D eigenvalue weighted by Gasteiger charge is 2.51. The smallest absolute Gasteiger partial charge is 0.143 e. The third-order valence-corrected chi connectivity index (χ3v) is 5.23. The van der Waals surface area contributed by atoms with Gasteiger partial charge in [0.25, 0.3) is 0 Å². The lowest BCUT2D eigenvalue weighted by Gasteiger charge is -2.46. The van der Waals surface area contributed by atoms with E-state index < -0.39 is 11.2 Å². The Balaban J connectivity index is 2.20. The Morgan fingerprint density at radius 1 is 0.826 bits per heavy atom. The Bertz CT molecular complexity index is 638. The third kappa shape index (κ3) is 2.82. The van der Waals surface area contributed by atoms with Crippen molar-refractivity contribution in [3.63, 3.8) is 0 Å². The fraction of sp³-hybridized carbons (Fsp3) is 0.429. The van der Waals surface area contributed by atoms with E-state index in [0.29, 0.717) is 12.8 Å². The first-order valence-electron chi connectivity index (χ1n) is 8.55. The molecule has 0 radical (unpaired) electrons. The lowest BCUT2D eigenvalue weighted by atomic mass is 9.66. The van der Waals surface area contributed by atoms with Crippen molar-refractivity contribution in [2.45, 2.75) is 57.2 Å². The summed E-state index contributed by atoms with van der Waals surface area (Å²) < 4.78 is 0. The van der Waals surface area contributed by atoms with Gasteiger partial charge in [-0.25, -0.2) is 0 Å². The first-order valence-corrected chi connectivity index (χ1v) is 8.55. The lowest BCUT2D eigenvalue weighted by molar-refractivity contribution is -0.151. The van der Waals surface area contributed by atoms with Crippen LogP contribution < -0.4 is 0 Å². The third-order valence-electron chi connectivity index (χ3n) is 5.23. The van der Waals surface area contributed by atoms with Crippen molar-refractivity contribution >= 4 is 0 Å². The minimum absolute atomic E-state index is 0.630. The van der Waals surface area contributed by atoms with Crippen LogP contribution in [0, 0.1) is 13.8 Å². The summed E-state index contributed by atoms with van der Waals surface area (Å²) in [5.41, 5.74) is 1.26. The number of aryl methyl sites for hydroxylation is 2. The molecule has 0 heterocycles. The van der Waals surface area contributed by atoms with Gasteiger partial charge >= 0.3 is 0 Å². The minimum atomic E-state index is -1.37. The number of hydrogen-bond donors (Lipinski definition) is 2. The van der Waals surface area contributed by atoms with Crippen molar-refractivity contribution in [2.75, 3.05) is 0 Å². The Morgan fingerprint density at radius 3 is 1.74 bits per heavy atom. The van der Waals surface area contributed by atoms with Crippen molar-refractivity contribution in [3.05, 3.63) is 70.8 Å². The summed E-state index contributed by atoms with van der Waals surface area (Å²) in [6.45, 7) is 4.04. The maximum atomic E-state index is 11.8. The molecule has 2 heteroatoms. The number of benzene rings is 2. The summed E-state index contributed by atoms with van der Waals surface area (Å²) in [5, 5.41) is 23.3. The summed E-state index contributed by atoms with van der Waals surface area (Å²) in [6, 6.07) is 15.8. The van der Waals surface area contributed by atoms with Crippen LogP contribution in [0.3, 0.4) is 0 Å². The number of hydrogen-bond acceptors (Lipinski definition) is 2. The number of aliphatic hydroxyl groups is 2. The second-order valence-corrected chi connectivity index (χ2v) is 7.04. The van der Waals surface area contributed by atoms with Crippen LogP contribution in [-0.2, 0) is 5.60 Å². The first-order chi connectivity index (χ1) is 11.0. The van der Waals surface area contributed by atoms with Crippen LogP contribution in [0.5, 0.6) is 0 Å². The van der Waals surface area contributed by atoms with Gasteiger partial charge in [0.15, 0.2) is 0 Å². The van der Waals surface area contributed by atoms with Gasteiger partial charge in [0.05, 0.1) is 0 Å².